The van der Waals surface area contributed by atoms with Crippen LogP contribution in [0.2, 0.25) is 0 Å². The molecule has 1 aliphatic rings. The molecule has 106 valence electrons. The van der Waals surface area contributed by atoms with E-state index < -0.39 is 0 Å². The number of halogens is 1. The molecular weight excluding hydrogens is 332 g/mol. The van der Waals surface area contributed by atoms with Crippen LogP contribution in [0, 0.1) is 0 Å². The SMILES string of the molecule is O=C1Nc2cc(Br)ccc2C1C=Nc1cccc(CO)c1. The molecule has 21 heavy (non-hydrogen) atoms. The number of anilines is 1. The molecule has 3 rings (SSSR count). The van der Waals surface area contributed by atoms with Gasteiger partial charge in [-0.05, 0) is 35.4 Å². The van der Waals surface area contributed by atoms with Gasteiger partial charge in [0.2, 0.25) is 5.91 Å². The topological polar surface area (TPSA) is 61.7 Å². The van der Waals surface area contributed by atoms with Crippen molar-refractivity contribution in [1.82, 2.24) is 0 Å². The van der Waals surface area contributed by atoms with Crippen LogP contribution < -0.4 is 5.32 Å². The fourth-order valence-electron chi connectivity index (χ4n) is 2.30. The van der Waals surface area contributed by atoms with Gasteiger partial charge in [-0.1, -0.05) is 34.1 Å². The van der Waals surface area contributed by atoms with E-state index >= 15 is 0 Å². The Balaban J connectivity index is 1.88. The van der Waals surface area contributed by atoms with Gasteiger partial charge < -0.3 is 10.4 Å². The summed E-state index contributed by atoms with van der Waals surface area (Å²) >= 11 is 3.39. The van der Waals surface area contributed by atoms with Gasteiger partial charge in [0.15, 0.2) is 0 Å². The number of amides is 1. The maximum atomic E-state index is 12.0. The van der Waals surface area contributed by atoms with Crippen LogP contribution in [0.5, 0.6) is 0 Å². The number of nitrogens with zero attached hydrogens (tertiary/aromatic N) is 1. The summed E-state index contributed by atoms with van der Waals surface area (Å²) in [6.45, 7) is -0.0237. The van der Waals surface area contributed by atoms with Crippen molar-refractivity contribution in [3.05, 3.63) is 58.1 Å². The first-order valence-corrected chi connectivity index (χ1v) is 7.31. The second-order valence-electron chi connectivity index (χ2n) is 4.80. The number of aliphatic hydroxyl groups excluding tert-OH is 1. The quantitative estimate of drug-likeness (QED) is 0.838. The molecule has 1 heterocycles. The van der Waals surface area contributed by atoms with Crippen molar-refractivity contribution in [2.24, 2.45) is 4.99 Å². The van der Waals surface area contributed by atoms with E-state index in [9.17, 15) is 4.79 Å². The minimum atomic E-state index is -0.383. The van der Waals surface area contributed by atoms with Gasteiger partial charge in [0, 0.05) is 16.4 Å². The molecule has 0 bridgehead atoms. The highest BCUT2D eigenvalue weighted by atomic mass is 79.9. The number of carbonyl (C=O) groups is 1. The van der Waals surface area contributed by atoms with Crippen molar-refractivity contribution in [1.29, 1.82) is 0 Å². The van der Waals surface area contributed by atoms with Gasteiger partial charge in [0.1, 0.15) is 5.92 Å². The van der Waals surface area contributed by atoms with Crippen molar-refractivity contribution in [2.45, 2.75) is 12.5 Å². The first-order chi connectivity index (χ1) is 10.2. The molecule has 0 aromatic heterocycles. The van der Waals surface area contributed by atoms with Crippen LogP contribution in [0.25, 0.3) is 0 Å². The molecule has 2 aromatic rings. The molecule has 0 spiro atoms. The number of benzene rings is 2. The van der Waals surface area contributed by atoms with Crippen LogP contribution in [-0.4, -0.2) is 17.2 Å². The Morgan fingerprint density at radius 3 is 2.95 bits per heavy atom. The maximum Gasteiger partial charge on any atom is 0.237 e. The molecular formula is C16H13BrN2O2. The van der Waals surface area contributed by atoms with Crippen molar-refractivity contribution >= 4 is 39.4 Å². The molecule has 1 atom stereocenters. The zero-order valence-electron chi connectivity index (χ0n) is 11.1. The number of rotatable bonds is 3. The Kier molecular flexibility index (Phi) is 3.86. The number of aliphatic hydroxyl groups is 1. The van der Waals surface area contributed by atoms with E-state index in [1.54, 1.807) is 12.3 Å². The smallest absolute Gasteiger partial charge is 0.237 e. The first-order valence-electron chi connectivity index (χ1n) is 6.51. The fourth-order valence-corrected chi connectivity index (χ4v) is 2.66. The largest absolute Gasteiger partial charge is 0.392 e. The molecule has 0 saturated heterocycles. The van der Waals surface area contributed by atoms with Gasteiger partial charge in [-0.2, -0.15) is 0 Å². The molecule has 2 aromatic carbocycles. The van der Waals surface area contributed by atoms with Gasteiger partial charge in [-0.25, -0.2) is 0 Å². The second-order valence-corrected chi connectivity index (χ2v) is 5.72. The van der Waals surface area contributed by atoms with Gasteiger partial charge in [-0.3, -0.25) is 9.79 Å². The first kappa shape index (κ1) is 14.0. The highest BCUT2D eigenvalue weighted by molar-refractivity contribution is 9.10. The van der Waals surface area contributed by atoms with Gasteiger partial charge >= 0.3 is 0 Å². The minimum absolute atomic E-state index is 0.0237. The average molecular weight is 345 g/mol. The number of carbonyl (C=O) groups excluding carboxylic acids is 1. The molecule has 1 aliphatic heterocycles. The molecule has 0 saturated carbocycles. The number of fused-ring (bicyclic) bond motifs is 1. The Bertz CT molecular complexity index is 728. The summed E-state index contributed by atoms with van der Waals surface area (Å²) in [7, 11) is 0. The van der Waals surface area contributed by atoms with Crippen molar-refractivity contribution in [2.75, 3.05) is 5.32 Å². The van der Waals surface area contributed by atoms with E-state index in [-0.39, 0.29) is 18.4 Å². The van der Waals surface area contributed by atoms with Crippen molar-refractivity contribution in [3.63, 3.8) is 0 Å². The van der Waals surface area contributed by atoms with Crippen LogP contribution in [0.4, 0.5) is 11.4 Å². The normalized spacial score (nSPS) is 17.0. The lowest BCUT2D eigenvalue weighted by Crippen LogP contribution is -2.12. The molecule has 4 nitrogen and oxygen atoms in total. The zero-order chi connectivity index (χ0) is 14.8. The van der Waals surface area contributed by atoms with E-state index in [4.69, 9.17) is 5.11 Å². The summed E-state index contributed by atoms with van der Waals surface area (Å²) in [5.74, 6) is -0.462. The van der Waals surface area contributed by atoms with Crippen LogP contribution in [-0.2, 0) is 11.4 Å². The Labute approximate surface area is 130 Å². The number of aliphatic imine (C=N–C) groups is 1. The number of hydrogen-bond donors (Lipinski definition) is 2. The number of nitrogens with one attached hydrogen (secondary N) is 1. The summed E-state index contributed by atoms with van der Waals surface area (Å²) in [4.78, 5) is 16.4. The van der Waals surface area contributed by atoms with Crippen LogP contribution in [0.15, 0.2) is 51.9 Å². The summed E-state index contributed by atoms with van der Waals surface area (Å²) in [5, 5.41) is 12.0. The third-order valence-electron chi connectivity index (χ3n) is 3.36. The van der Waals surface area contributed by atoms with Crippen LogP contribution >= 0.6 is 15.9 Å². The lowest BCUT2D eigenvalue weighted by molar-refractivity contribution is -0.115. The predicted octanol–water partition coefficient (Wildman–Crippen LogP) is 3.38. The van der Waals surface area contributed by atoms with E-state index in [0.717, 1.165) is 27.0 Å². The molecule has 0 fully saturated rings. The van der Waals surface area contributed by atoms with E-state index in [1.807, 2.05) is 36.4 Å². The standard InChI is InChI=1S/C16H13BrN2O2/c17-11-4-5-13-14(16(21)19-15(13)7-11)8-18-12-3-1-2-10(6-12)9-20/h1-8,14,20H,9H2,(H,19,21). The van der Waals surface area contributed by atoms with E-state index in [2.05, 4.69) is 26.2 Å². The average Bonchev–Trinajstić information content (AvgIpc) is 2.80. The summed E-state index contributed by atoms with van der Waals surface area (Å²) in [6, 6.07) is 13.0. The van der Waals surface area contributed by atoms with E-state index in [0.29, 0.717) is 0 Å². The molecule has 0 aliphatic carbocycles. The van der Waals surface area contributed by atoms with E-state index in [1.165, 1.54) is 0 Å². The maximum absolute atomic E-state index is 12.0. The van der Waals surface area contributed by atoms with Gasteiger partial charge in [0.25, 0.3) is 0 Å². The summed E-state index contributed by atoms with van der Waals surface area (Å²) in [5.41, 5.74) is 3.25. The Morgan fingerprint density at radius 2 is 2.14 bits per heavy atom. The molecule has 1 unspecified atom stereocenters. The van der Waals surface area contributed by atoms with Gasteiger partial charge in [0.05, 0.1) is 12.3 Å². The Hall–Kier alpha value is -1.98. The van der Waals surface area contributed by atoms with Crippen molar-refractivity contribution < 1.29 is 9.90 Å². The molecule has 5 heteroatoms. The van der Waals surface area contributed by atoms with Crippen LogP contribution in [0.3, 0.4) is 0 Å². The van der Waals surface area contributed by atoms with Crippen molar-refractivity contribution in [3.8, 4) is 0 Å². The summed E-state index contributed by atoms with van der Waals surface area (Å²) in [6.07, 6.45) is 1.64. The van der Waals surface area contributed by atoms with Crippen LogP contribution in [0.1, 0.15) is 17.0 Å². The monoisotopic (exact) mass is 344 g/mol. The molecule has 2 N–H and O–H groups in total. The molecule has 1 amide bonds. The zero-order valence-corrected chi connectivity index (χ0v) is 12.7. The highest BCUT2D eigenvalue weighted by Gasteiger charge is 2.28. The predicted molar refractivity (Wildman–Crippen MR) is 86.0 cm³/mol. The minimum Gasteiger partial charge on any atom is -0.392 e. The highest BCUT2D eigenvalue weighted by Crippen LogP contribution is 2.33. The fraction of sp³-hybridized carbons (Fsp3) is 0.125. The Morgan fingerprint density at radius 1 is 1.29 bits per heavy atom. The lowest BCUT2D eigenvalue weighted by atomic mass is 10.0. The third kappa shape index (κ3) is 2.89. The molecule has 0 radical (unpaired) electrons. The number of hydrogen-bond acceptors (Lipinski definition) is 3. The third-order valence-corrected chi connectivity index (χ3v) is 3.85. The van der Waals surface area contributed by atoms with Gasteiger partial charge in [-0.15, -0.1) is 0 Å². The second kappa shape index (κ2) is 5.79. The lowest BCUT2D eigenvalue weighted by Gasteiger charge is -2.03. The summed E-state index contributed by atoms with van der Waals surface area (Å²) < 4.78 is 0.926.